The molecule has 3 N–H and O–H groups in total. The van der Waals surface area contributed by atoms with Gasteiger partial charge in [-0.2, -0.15) is 0 Å². The SMILES string of the molecule is C[C@@H]1CNC(=O)C(c2ccccc2)COC/C=C\CC2(CNC2)C(=O)N1. The standard InChI is InChI=1S/C20H27N3O3/c1-15-11-22-18(24)17(16-7-3-2-4-8-16)12-26-10-6-5-9-20(13-21-14-20)19(25)23-15/h2-8,15,17,21H,9-14H2,1H3,(H,22,24)(H,23,25)/b6-5-/t15-,17?/m1/s1. The van der Waals surface area contributed by atoms with Crippen molar-refractivity contribution in [3.05, 3.63) is 48.0 Å². The van der Waals surface area contributed by atoms with Gasteiger partial charge in [0.25, 0.3) is 0 Å². The highest BCUT2D eigenvalue weighted by molar-refractivity contribution is 5.85. The largest absolute Gasteiger partial charge is 0.376 e. The van der Waals surface area contributed by atoms with Gasteiger partial charge < -0.3 is 20.7 Å². The first-order valence-electron chi connectivity index (χ1n) is 9.18. The van der Waals surface area contributed by atoms with E-state index in [9.17, 15) is 9.59 Å². The van der Waals surface area contributed by atoms with E-state index in [0.717, 1.165) is 5.56 Å². The van der Waals surface area contributed by atoms with E-state index >= 15 is 0 Å². The summed E-state index contributed by atoms with van der Waals surface area (Å²) in [6.45, 7) is 4.42. The summed E-state index contributed by atoms with van der Waals surface area (Å²) in [7, 11) is 0. The Kier molecular flexibility index (Phi) is 6.06. The fourth-order valence-electron chi connectivity index (χ4n) is 3.27. The van der Waals surface area contributed by atoms with E-state index in [1.165, 1.54) is 0 Å². The van der Waals surface area contributed by atoms with Gasteiger partial charge in [-0.15, -0.1) is 0 Å². The summed E-state index contributed by atoms with van der Waals surface area (Å²) in [5.41, 5.74) is 0.545. The Labute approximate surface area is 154 Å². The summed E-state index contributed by atoms with van der Waals surface area (Å²) in [6, 6.07) is 9.51. The second-order valence-corrected chi connectivity index (χ2v) is 7.18. The lowest BCUT2D eigenvalue weighted by atomic mass is 9.77. The molecule has 0 bridgehead atoms. The molecule has 140 valence electrons. The monoisotopic (exact) mass is 357 g/mol. The lowest BCUT2D eigenvalue weighted by Gasteiger charge is -2.41. The Hall–Kier alpha value is -2.18. The predicted octanol–water partition coefficient (Wildman–Crippen LogP) is 0.957. The van der Waals surface area contributed by atoms with E-state index in [2.05, 4.69) is 16.0 Å². The highest BCUT2D eigenvalue weighted by Crippen LogP contribution is 2.28. The first-order valence-corrected chi connectivity index (χ1v) is 9.18. The van der Waals surface area contributed by atoms with Crippen LogP contribution in [0.5, 0.6) is 0 Å². The molecule has 2 heterocycles. The molecule has 2 aliphatic heterocycles. The average molecular weight is 357 g/mol. The van der Waals surface area contributed by atoms with Gasteiger partial charge in [0, 0.05) is 25.7 Å². The van der Waals surface area contributed by atoms with Crippen molar-refractivity contribution in [2.75, 3.05) is 32.8 Å². The summed E-state index contributed by atoms with van der Waals surface area (Å²) in [5.74, 6) is -0.406. The van der Waals surface area contributed by atoms with Crippen LogP contribution in [0.2, 0.25) is 0 Å². The van der Waals surface area contributed by atoms with E-state index in [-0.39, 0.29) is 29.2 Å². The molecule has 1 spiro atoms. The molecule has 1 aromatic carbocycles. The van der Waals surface area contributed by atoms with E-state index in [4.69, 9.17) is 4.74 Å². The van der Waals surface area contributed by atoms with Gasteiger partial charge in [-0.05, 0) is 18.9 Å². The fourth-order valence-corrected chi connectivity index (χ4v) is 3.27. The summed E-state index contributed by atoms with van der Waals surface area (Å²) >= 11 is 0. The number of carbonyl (C=O) groups is 2. The van der Waals surface area contributed by atoms with Crippen LogP contribution in [0.15, 0.2) is 42.5 Å². The number of nitrogens with one attached hydrogen (secondary N) is 3. The second kappa shape index (κ2) is 8.47. The average Bonchev–Trinajstić information content (AvgIpc) is 2.61. The Bertz CT molecular complexity index is 656. The third-order valence-electron chi connectivity index (χ3n) is 5.06. The zero-order valence-electron chi connectivity index (χ0n) is 15.2. The summed E-state index contributed by atoms with van der Waals surface area (Å²) in [4.78, 5) is 25.3. The van der Waals surface area contributed by atoms with Gasteiger partial charge in [0.15, 0.2) is 0 Å². The molecule has 6 nitrogen and oxygen atoms in total. The minimum atomic E-state index is -0.383. The molecule has 2 amide bonds. The Morgan fingerprint density at radius 2 is 1.88 bits per heavy atom. The molecule has 1 saturated heterocycles. The molecule has 0 aromatic heterocycles. The molecular formula is C20H27N3O3. The van der Waals surface area contributed by atoms with Crippen molar-refractivity contribution in [2.45, 2.75) is 25.3 Å². The second-order valence-electron chi connectivity index (χ2n) is 7.18. The van der Waals surface area contributed by atoms with Crippen LogP contribution in [-0.4, -0.2) is 50.7 Å². The number of benzene rings is 1. The molecule has 0 saturated carbocycles. The van der Waals surface area contributed by atoms with Gasteiger partial charge in [-0.1, -0.05) is 42.5 Å². The van der Waals surface area contributed by atoms with Gasteiger partial charge in [0.2, 0.25) is 11.8 Å². The molecule has 3 rings (SSSR count). The Morgan fingerprint density at radius 1 is 1.12 bits per heavy atom. The smallest absolute Gasteiger partial charge is 0.229 e. The van der Waals surface area contributed by atoms with E-state index in [1.807, 2.05) is 49.4 Å². The van der Waals surface area contributed by atoms with Crippen LogP contribution in [-0.2, 0) is 14.3 Å². The lowest BCUT2D eigenvalue weighted by Crippen LogP contribution is -2.62. The quantitative estimate of drug-likeness (QED) is 0.654. The number of rotatable bonds is 1. The van der Waals surface area contributed by atoms with Crippen LogP contribution >= 0.6 is 0 Å². The molecule has 1 fully saturated rings. The molecular weight excluding hydrogens is 330 g/mol. The zero-order chi connectivity index (χ0) is 18.4. The first-order chi connectivity index (χ1) is 12.6. The van der Waals surface area contributed by atoms with Gasteiger partial charge in [-0.25, -0.2) is 0 Å². The van der Waals surface area contributed by atoms with Gasteiger partial charge >= 0.3 is 0 Å². The zero-order valence-corrected chi connectivity index (χ0v) is 15.2. The van der Waals surface area contributed by atoms with Crippen LogP contribution in [0.3, 0.4) is 0 Å². The van der Waals surface area contributed by atoms with E-state index in [0.29, 0.717) is 39.3 Å². The number of hydrogen-bond acceptors (Lipinski definition) is 4. The minimum absolute atomic E-state index is 0.0419. The molecule has 1 unspecified atom stereocenters. The molecule has 26 heavy (non-hydrogen) atoms. The molecule has 0 aliphatic carbocycles. The maximum Gasteiger partial charge on any atom is 0.229 e. The van der Waals surface area contributed by atoms with E-state index in [1.54, 1.807) is 0 Å². The van der Waals surface area contributed by atoms with Gasteiger partial charge in [-0.3, -0.25) is 9.59 Å². The first kappa shape index (κ1) is 18.6. The number of ether oxygens (including phenoxy) is 1. The van der Waals surface area contributed by atoms with Crippen molar-refractivity contribution in [3.63, 3.8) is 0 Å². The molecule has 0 radical (unpaired) electrons. The maximum absolute atomic E-state index is 12.7. The molecule has 2 aliphatic rings. The number of allylic oxidation sites excluding steroid dienone is 1. The summed E-state index contributed by atoms with van der Waals surface area (Å²) in [5, 5.41) is 9.18. The molecule has 1 aromatic rings. The normalized spacial score (nSPS) is 28.3. The number of hydrogen-bond donors (Lipinski definition) is 3. The van der Waals surface area contributed by atoms with Crippen molar-refractivity contribution >= 4 is 11.8 Å². The predicted molar refractivity (Wildman–Crippen MR) is 99.7 cm³/mol. The highest BCUT2D eigenvalue weighted by Gasteiger charge is 2.43. The van der Waals surface area contributed by atoms with Gasteiger partial charge in [0.05, 0.1) is 24.5 Å². The van der Waals surface area contributed by atoms with Crippen molar-refractivity contribution in [2.24, 2.45) is 5.41 Å². The van der Waals surface area contributed by atoms with Crippen LogP contribution in [0, 0.1) is 5.41 Å². The molecule has 2 atom stereocenters. The molecule has 6 heteroatoms. The maximum atomic E-state index is 12.7. The van der Waals surface area contributed by atoms with Crippen LogP contribution < -0.4 is 16.0 Å². The third kappa shape index (κ3) is 4.31. The van der Waals surface area contributed by atoms with Crippen LogP contribution in [0.1, 0.15) is 24.8 Å². The van der Waals surface area contributed by atoms with Crippen molar-refractivity contribution in [1.82, 2.24) is 16.0 Å². The topological polar surface area (TPSA) is 79.5 Å². The highest BCUT2D eigenvalue weighted by atomic mass is 16.5. The summed E-state index contributed by atoms with van der Waals surface area (Å²) < 4.78 is 5.73. The van der Waals surface area contributed by atoms with Crippen molar-refractivity contribution < 1.29 is 14.3 Å². The fraction of sp³-hybridized carbons (Fsp3) is 0.500. The van der Waals surface area contributed by atoms with Crippen molar-refractivity contribution in [3.8, 4) is 0 Å². The van der Waals surface area contributed by atoms with E-state index < -0.39 is 0 Å². The van der Waals surface area contributed by atoms with Crippen LogP contribution in [0.4, 0.5) is 0 Å². The summed E-state index contributed by atoms with van der Waals surface area (Å²) in [6.07, 6.45) is 4.63. The number of carbonyl (C=O) groups excluding carboxylic acids is 2. The Balaban J connectivity index is 1.72. The van der Waals surface area contributed by atoms with Crippen molar-refractivity contribution in [1.29, 1.82) is 0 Å². The van der Waals surface area contributed by atoms with Gasteiger partial charge in [0.1, 0.15) is 0 Å². The Morgan fingerprint density at radius 3 is 2.58 bits per heavy atom. The lowest BCUT2D eigenvalue weighted by molar-refractivity contribution is -0.134. The number of amides is 2. The van der Waals surface area contributed by atoms with Crippen LogP contribution in [0.25, 0.3) is 0 Å². The third-order valence-corrected chi connectivity index (χ3v) is 5.06. The minimum Gasteiger partial charge on any atom is -0.376 e.